The van der Waals surface area contributed by atoms with E-state index in [1.165, 1.54) is 6.08 Å². The van der Waals surface area contributed by atoms with Crippen LogP contribution in [0.1, 0.15) is 12.5 Å². The third kappa shape index (κ3) is 6.13. The Hall–Kier alpha value is -3.20. The molecule has 9 heteroatoms. The molecular weight excluding hydrogens is 481 g/mol. The molecule has 0 spiro atoms. The Bertz CT molecular complexity index is 1340. The fraction of sp³-hybridized carbons (Fsp3) is 0.333. The van der Waals surface area contributed by atoms with Gasteiger partial charge in [-0.15, -0.1) is 0 Å². The van der Waals surface area contributed by atoms with Gasteiger partial charge < -0.3 is 24.1 Å². The van der Waals surface area contributed by atoms with Crippen LogP contribution >= 0.6 is 11.6 Å². The van der Waals surface area contributed by atoms with Gasteiger partial charge in [-0.2, -0.15) is 0 Å². The molecule has 1 saturated heterocycles. The number of hydrogen-bond donors (Lipinski definition) is 1. The van der Waals surface area contributed by atoms with Crippen molar-refractivity contribution in [1.29, 1.82) is 0 Å². The number of aromatic amines is 1. The Kier molecular flexibility index (Phi) is 8.40. The molecule has 1 N–H and O–H groups in total. The average molecular weight is 512 g/mol. The fourth-order valence-corrected chi connectivity index (χ4v) is 4.57. The van der Waals surface area contributed by atoms with E-state index in [1.54, 1.807) is 16.7 Å². The van der Waals surface area contributed by atoms with Crippen LogP contribution in [0.5, 0.6) is 0 Å². The molecule has 190 valence electrons. The molecular formula is C27H31ClFN5O2. The Morgan fingerprint density at radius 1 is 1.36 bits per heavy atom. The van der Waals surface area contributed by atoms with Gasteiger partial charge in [0.25, 0.3) is 5.56 Å². The number of morpholine rings is 1. The number of nitrogens with one attached hydrogen (secondary N) is 1. The van der Waals surface area contributed by atoms with Crippen molar-refractivity contribution in [3.05, 3.63) is 82.8 Å². The van der Waals surface area contributed by atoms with E-state index in [0.29, 0.717) is 26.2 Å². The van der Waals surface area contributed by atoms with Crippen LogP contribution in [-0.2, 0) is 4.74 Å². The maximum Gasteiger partial charge on any atom is 0.251 e. The Morgan fingerprint density at radius 2 is 2.14 bits per heavy atom. The van der Waals surface area contributed by atoms with Crippen LogP contribution in [0.2, 0.25) is 0 Å². The van der Waals surface area contributed by atoms with Gasteiger partial charge in [-0.05, 0) is 50.4 Å². The molecule has 7 nitrogen and oxygen atoms in total. The van der Waals surface area contributed by atoms with Crippen molar-refractivity contribution in [2.45, 2.75) is 12.5 Å². The van der Waals surface area contributed by atoms with Crippen molar-refractivity contribution >= 4 is 28.3 Å². The second kappa shape index (κ2) is 11.7. The number of halogens is 2. The Labute approximate surface area is 215 Å². The lowest BCUT2D eigenvalue weighted by Crippen LogP contribution is -2.36. The van der Waals surface area contributed by atoms with Gasteiger partial charge in [0.1, 0.15) is 11.5 Å². The molecule has 0 aromatic carbocycles. The molecule has 1 atom stereocenters. The summed E-state index contributed by atoms with van der Waals surface area (Å²) < 4.78 is 20.6. The minimum absolute atomic E-state index is 0.122. The maximum absolute atomic E-state index is 13.5. The standard InChI is InChI=1S/C27H31ClFN5O2/c1-4-21(29)14-20(28)5-6-22(18-32(2)3)34-8-7-19(13-26(34)35)25-17-31-27-24(25)15-23(16-30-27)33-9-11-36-12-10-33/h4-5,7-8,13-17,22H,1,6,9-12,18H2,2-3H3,(H,30,31)/b20-5+,21-14+/t22-/m0/s1. The van der Waals surface area contributed by atoms with Crippen LogP contribution < -0.4 is 10.5 Å². The van der Waals surface area contributed by atoms with Crippen molar-refractivity contribution in [2.24, 2.45) is 0 Å². The summed E-state index contributed by atoms with van der Waals surface area (Å²) >= 11 is 6.16. The molecule has 0 aliphatic carbocycles. The third-order valence-electron chi connectivity index (χ3n) is 6.18. The zero-order valence-electron chi connectivity index (χ0n) is 20.6. The zero-order chi connectivity index (χ0) is 25.7. The van der Waals surface area contributed by atoms with E-state index in [4.69, 9.17) is 16.3 Å². The van der Waals surface area contributed by atoms with E-state index in [1.807, 2.05) is 43.7 Å². The monoisotopic (exact) mass is 511 g/mol. The number of rotatable bonds is 9. The number of anilines is 1. The van der Waals surface area contributed by atoms with Crippen LogP contribution in [0, 0.1) is 0 Å². The molecule has 1 aliphatic rings. The highest BCUT2D eigenvalue weighted by molar-refractivity contribution is 6.31. The molecule has 0 saturated carbocycles. The summed E-state index contributed by atoms with van der Waals surface area (Å²) in [6.45, 7) is 7.05. The first-order valence-electron chi connectivity index (χ1n) is 11.9. The largest absolute Gasteiger partial charge is 0.378 e. The lowest BCUT2D eigenvalue weighted by atomic mass is 10.1. The van der Waals surface area contributed by atoms with Gasteiger partial charge in [-0.25, -0.2) is 9.37 Å². The highest BCUT2D eigenvalue weighted by Crippen LogP contribution is 2.30. The number of likely N-dealkylation sites (N-methyl/N-ethyl adjacent to an activating group) is 1. The van der Waals surface area contributed by atoms with Crippen LogP contribution in [0.15, 0.2) is 77.3 Å². The van der Waals surface area contributed by atoms with Gasteiger partial charge in [0.2, 0.25) is 0 Å². The summed E-state index contributed by atoms with van der Waals surface area (Å²) in [5.41, 5.74) is 3.43. The predicted molar refractivity (Wildman–Crippen MR) is 144 cm³/mol. The number of H-pyrrole nitrogens is 1. The summed E-state index contributed by atoms with van der Waals surface area (Å²) in [6.07, 6.45) is 10.1. The van der Waals surface area contributed by atoms with Gasteiger partial charge >= 0.3 is 0 Å². The molecule has 36 heavy (non-hydrogen) atoms. The molecule has 1 aliphatic heterocycles. The van der Waals surface area contributed by atoms with Crippen molar-refractivity contribution in [2.75, 3.05) is 51.8 Å². The molecule has 3 aromatic heterocycles. The summed E-state index contributed by atoms with van der Waals surface area (Å²) in [5, 5.41) is 1.23. The quantitative estimate of drug-likeness (QED) is 0.415. The van der Waals surface area contributed by atoms with Crippen LogP contribution in [0.25, 0.3) is 22.2 Å². The lowest BCUT2D eigenvalue weighted by molar-refractivity contribution is 0.122. The average Bonchev–Trinajstić information content (AvgIpc) is 3.30. The summed E-state index contributed by atoms with van der Waals surface area (Å²) in [5.74, 6) is -0.507. The third-order valence-corrected chi connectivity index (χ3v) is 6.44. The first-order chi connectivity index (χ1) is 17.4. The molecule has 4 heterocycles. The molecule has 0 unspecified atom stereocenters. The van der Waals surface area contributed by atoms with Gasteiger partial charge in [0.05, 0.1) is 31.1 Å². The number of hydrogen-bond acceptors (Lipinski definition) is 5. The Morgan fingerprint density at radius 3 is 2.83 bits per heavy atom. The van der Waals surface area contributed by atoms with Crippen LogP contribution in [0.4, 0.5) is 10.1 Å². The van der Waals surface area contributed by atoms with Gasteiger partial charge in [0.15, 0.2) is 0 Å². The molecule has 1 fully saturated rings. The molecule has 4 rings (SSSR count). The van der Waals surface area contributed by atoms with E-state index in [0.717, 1.165) is 47.0 Å². The number of nitrogens with zero attached hydrogens (tertiary/aromatic N) is 4. The van der Waals surface area contributed by atoms with E-state index in [-0.39, 0.29) is 16.6 Å². The number of fused-ring (bicyclic) bond motifs is 1. The lowest BCUT2D eigenvalue weighted by Gasteiger charge is -2.28. The topological polar surface area (TPSA) is 66.4 Å². The van der Waals surface area contributed by atoms with Crippen LogP contribution in [-0.4, -0.2) is 66.4 Å². The SMILES string of the molecule is C=C/C(F)=C\C(Cl)=C/C[C@@H](CN(C)C)n1ccc(-c2c[nH]c3ncc(N4CCOCC4)cc23)cc1=O. The minimum atomic E-state index is -0.507. The number of ether oxygens (including phenoxy) is 1. The fourth-order valence-electron chi connectivity index (χ4n) is 4.38. The highest BCUT2D eigenvalue weighted by Gasteiger charge is 2.17. The smallest absolute Gasteiger partial charge is 0.251 e. The second-order valence-corrected chi connectivity index (χ2v) is 9.46. The highest BCUT2D eigenvalue weighted by atomic mass is 35.5. The van der Waals surface area contributed by atoms with E-state index < -0.39 is 5.83 Å². The van der Waals surface area contributed by atoms with Gasteiger partial charge in [-0.1, -0.05) is 24.3 Å². The molecule has 0 radical (unpaired) electrons. The van der Waals surface area contributed by atoms with Crippen molar-refractivity contribution in [3.8, 4) is 11.1 Å². The van der Waals surface area contributed by atoms with E-state index in [2.05, 4.69) is 27.5 Å². The van der Waals surface area contributed by atoms with Gasteiger partial charge in [0, 0.05) is 54.1 Å². The minimum Gasteiger partial charge on any atom is -0.378 e. The van der Waals surface area contributed by atoms with Gasteiger partial charge in [-0.3, -0.25) is 4.79 Å². The van der Waals surface area contributed by atoms with E-state index >= 15 is 0 Å². The summed E-state index contributed by atoms with van der Waals surface area (Å²) in [7, 11) is 3.89. The van der Waals surface area contributed by atoms with E-state index in [9.17, 15) is 9.18 Å². The molecule has 3 aromatic rings. The Balaban J connectivity index is 1.63. The molecule has 0 amide bonds. The van der Waals surface area contributed by atoms with Crippen LogP contribution in [0.3, 0.4) is 0 Å². The van der Waals surface area contributed by atoms with Crippen molar-refractivity contribution in [1.82, 2.24) is 19.4 Å². The predicted octanol–water partition coefficient (Wildman–Crippen LogP) is 4.88. The zero-order valence-corrected chi connectivity index (χ0v) is 21.3. The normalized spacial score (nSPS) is 16.1. The number of allylic oxidation sites excluding steroid dienone is 5. The van der Waals surface area contributed by atoms with Crippen molar-refractivity contribution in [3.63, 3.8) is 0 Å². The first kappa shape index (κ1) is 25.9. The van der Waals surface area contributed by atoms with Crippen molar-refractivity contribution < 1.29 is 9.13 Å². The molecule has 0 bridgehead atoms. The second-order valence-electron chi connectivity index (χ2n) is 9.03. The first-order valence-corrected chi connectivity index (χ1v) is 12.3. The summed E-state index contributed by atoms with van der Waals surface area (Å²) in [6, 6.07) is 5.53. The maximum atomic E-state index is 13.5. The summed E-state index contributed by atoms with van der Waals surface area (Å²) in [4.78, 5) is 25.3. The number of aromatic nitrogens is 3. The number of pyridine rings is 2.